The largest absolute Gasteiger partial charge is 0.288 e. The second-order valence-electron chi connectivity index (χ2n) is 4.84. The van der Waals surface area contributed by atoms with Gasteiger partial charge in [-0.15, -0.1) is 11.3 Å². The number of halogens is 3. The number of carbonyl (C=O) groups is 1. The van der Waals surface area contributed by atoms with Crippen LogP contribution in [0.3, 0.4) is 0 Å². The third-order valence-electron chi connectivity index (χ3n) is 3.47. The van der Waals surface area contributed by atoms with Crippen molar-refractivity contribution in [3.63, 3.8) is 0 Å². The number of ketones is 1. The Morgan fingerprint density at radius 3 is 2.75 bits per heavy atom. The van der Waals surface area contributed by atoms with Crippen LogP contribution < -0.4 is 0 Å². The molecule has 5 heteroatoms. The van der Waals surface area contributed by atoms with E-state index < -0.39 is 5.82 Å². The van der Waals surface area contributed by atoms with E-state index in [1.54, 1.807) is 0 Å². The monoisotopic (exact) mass is 372 g/mol. The minimum Gasteiger partial charge on any atom is -0.288 e. The van der Waals surface area contributed by atoms with Crippen molar-refractivity contribution in [2.24, 2.45) is 0 Å². The first-order valence-electron chi connectivity index (χ1n) is 6.37. The average molecular weight is 374 g/mol. The first-order chi connectivity index (χ1) is 9.56. The molecular weight excluding hydrogens is 363 g/mol. The molecule has 1 aromatic heterocycles. The van der Waals surface area contributed by atoms with Gasteiger partial charge in [0, 0.05) is 9.35 Å². The van der Waals surface area contributed by atoms with E-state index in [0.717, 1.165) is 19.3 Å². The van der Waals surface area contributed by atoms with Crippen LogP contribution >= 0.6 is 38.9 Å². The van der Waals surface area contributed by atoms with Gasteiger partial charge in [0.05, 0.1) is 15.5 Å². The molecule has 0 unspecified atom stereocenters. The van der Waals surface area contributed by atoms with E-state index in [1.165, 1.54) is 40.3 Å². The van der Waals surface area contributed by atoms with Crippen LogP contribution in [0.15, 0.2) is 22.7 Å². The van der Waals surface area contributed by atoms with Crippen molar-refractivity contribution in [2.45, 2.75) is 25.7 Å². The van der Waals surface area contributed by atoms with E-state index in [2.05, 4.69) is 15.9 Å². The number of carbonyl (C=O) groups excluding carboxylic acids is 1. The average Bonchev–Trinajstić information content (AvgIpc) is 2.86. The minimum absolute atomic E-state index is 0.0387. The summed E-state index contributed by atoms with van der Waals surface area (Å²) < 4.78 is 14.4. The summed E-state index contributed by atoms with van der Waals surface area (Å²) in [7, 11) is 0. The van der Waals surface area contributed by atoms with E-state index in [1.807, 2.05) is 6.07 Å². The molecule has 0 atom stereocenters. The van der Waals surface area contributed by atoms with Gasteiger partial charge in [0.15, 0.2) is 0 Å². The highest BCUT2D eigenvalue weighted by Crippen LogP contribution is 2.33. The molecule has 0 radical (unpaired) electrons. The van der Waals surface area contributed by atoms with Crippen molar-refractivity contribution in [2.75, 3.05) is 0 Å². The van der Waals surface area contributed by atoms with Gasteiger partial charge in [-0.3, -0.25) is 4.79 Å². The molecule has 1 nitrogen and oxygen atoms in total. The zero-order chi connectivity index (χ0) is 14.3. The number of rotatable bonds is 2. The molecular formula is C15H11BrClFOS. The first-order valence-corrected chi connectivity index (χ1v) is 8.36. The third-order valence-corrected chi connectivity index (χ3v) is 5.91. The molecule has 0 saturated heterocycles. The van der Waals surface area contributed by atoms with Gasteiger partial charge in [-0.2, -0.15) is 0 Å². The van der Waals surface area contributed by atoms with Crippen molar-refractivity contribution >= 4 is 44.7 Å². The molecule has 0 amide bonds. The molecule has 0 bridgehead atoms. The molecule has 0 aliphatic heterocycles. The molecule has 20 heavy (non-hydrogen) atoms. The summed E-state index contributed by atoms with van der Waals surface area (Å²) in [6, 6.07) is 4.54. The summed E-state index contributed by atoms with van der Waals surface area (Å²) >= 11 is 10.6. The lowest BCUT2D eigenvalue weighted by Crippen LogP contribution is -2.02. The van der Waals surface area contributed by atoms with Gasteiger partial charge in [0.1, 0.15) is 5.82 Å². The van der Waals surface area contributed by atoms with E-state index in [9.17, 15) is 9.18 Å². The lowest BCUT2D eigenvalue weighted by Gasteiger charge is -2.08. The smallest absolute Gasteiger partial charge is 0.205 e. The SMILES string of the molecule is O=C(c1cc2c(s1)CCCC2)c1cc(Cl)c(Br)cc1F. The van der Waals surface area contributed by atoms with Crippen LogP contribution in [-0.4, -0.2) is 5.78 Å². The maximum Gasteiger partial charge on any atom is 0.205 e. The van der Waals surface area contributed by atoms with Crippen LogP contribution in [0.4, 0.5) is 4.39 Å². The van der Waals surface area contributed by atoms with Gasteiger partial charge >= 0.3 is 0 Å². The summed E-state index contributed by atoms with van der Waals surface area (Å²) in [5.74, 6) is -0.825. The summed E-state index contributed by atoms with van der Waals surface area (Å²) in [4.78, 5) is 14.3. The van der Waals surface area contributed by atoms with Crippen LogP contribution in [-0.2, 0) is 12.8 Å². The summed E-state index contributed by atoms with van der Waals surface area (Å²) in [6.45, 7) is 0. The number of aryl methyl sites for hydroxylation is 2. The molecule has 1 aliphatic rings. The lowest BCUT2D eigenvalue weighted by atomic mass is 9.98. The zero-order valence-electron chi connectivity index (χ0n) is 10.5. The quantitative estimate of drug-likeness (QED) is 0.508. The molecule has 0 fully saturated rings. The molecule has 1 aromatic carbocycles. The lowest BCUT2D eigenvalue weighted by molar-refractivity contribution is 0.103. The highest BCUT2D eigenvalue weighted by Gasteiger charge is 2.21. The second kappa shape index (κ2) is 5.58. The number of benzene rings is 1. The molecule has 0 spiro atoms. The van der Waals surface area contributed by atoms with Gasteiger partial charge in [0.25, 0.3) is 0 Å². The predicted octanol–water partition coefficient (Wildman–Crippen LogP) is 5.41. The summed E-state index contributed by atoms with van der Waals surface area (Å²) in [5.41, 5.74) is 1.28. The Kier molecular flexibility index (Phi) is 3.98. The fraction of sp³-hybridized carbons (Fsp3) is 0.267. The standard InChI is InChI=1S/C15H11BrClFOS/c16-10-7-12(18)9(6-11(10)17)15(19)14-5-8-3-1-2-4-13(8)20-14/h5-7H,1-4H2. The fourth-order valence-corrected chi connectivity index (χ4v) is 4.12. The topological polar surface area (TPSA) is 17.1 Å². The molecule has 0 saturated carbocycles. The normalized spacial score (nSPS) is 14.2. The van der Waals surface area contributed by atoms with Gasteiger partial charge in [0.2, 0.25) is 5.78 Å². The molecule has 0 N–H and O–H groups in total. The van der Waals surface area contributed by atoms with Gasteiger partial charge in [-0.25, -0.2) is 4.39 Å². The molecule has 1 aliphatic carbocycles. The number of thiophene rings is 1. The Bertz CT molecular complexity index is 672. The van der Waals surface area contributed by atoms with E-state index in [4.69, 9.17) is 11.6 Å². The fourth-order valence-electron chi connectivity index (χ4n) is 2.43. The third kappa shape index (κ3) is 2.57. The Labute approximate surface area is 133 Å². The maximum absolute atomic E-state index is 13.9. The van der Waals surface area contributed by atoms with Gasteiger partial charge < -0.3 is 0 Å². The highest BCUT2D eigenvalue weighted by molar-refractivity contribution is 9.10. The minimum atomic E-state index is -0.544. The van der Waals surface area contributed by atoms with Crippen LogP contribution in [0.5, 0.6) is 0 Å². The Hall–Kier alpha value is -0.710. The number of hydrogen-bond acceptors (Lipinski definition) is 2. The molecule has 3 rings (SSSR count). The Balaban J connectivity index is 2.00. The van der Waals surface area contributed by atoms with E-state index in [-0.39, 0.29) is 11.3 Å². The van der Waals surface area contributed by atoms with E-state index >= 15 is 0 Å². The molecule has 1 heterocycles. The van der Waals surface area contributed by atoms with E-state index in [0.29, 0.717) is 14.4 Å². The molecule has 2 aromatic rings. The van der Waals surface area contributed by atoms with Gasteiger partial charge in [-0.1, -0.05) is 11.6 Å². The van der Waals surface area contributed by atoms with Gasteiger partial charge in [-0.05, 0) is 65.4 Å². The Morgan fingerprint density at radius 1 is 1.25 bits per heavy atom. The first kappa shape index (κ1) is 14.2. The number of fused-ring (bicyclic) bond motifs is 1. The van der Waals surface area contributed by atoms with Crippen molar-refractivity contribution in [1.82, 2.24) is 0 Å². The van der Waals surface area contributed by atoms with Crippen molar-refractivity contribution < 1.29 is 9.18 Å². The highest BCUT2D eigenvalue weighted by atomic mass is 79.9. The predicted molar refractivity (Wildman–Crippen MR) is 83.5 cm³/mol. The second-order valence-corrected chi connectivity index (χ2v) is 7.24. The van der Waals surface area contributed by atoms with Crippen molar-refractivity contribution in [3.8, 4) is 0 Å². The Morgan fingerprint density at radius 2 is 2.00 bits per heavy atom. The van der Waals surface area contributed by atoms with Crippen molar-refractivity contribution in [1.29, 1.82) is 0 Å². The van der Waals surface area contributed by atoms with Crippen LogP contribution in [0.2, 0.25) is 5.02 Å². The van der Waals surface area contributed by atoms with Crippen LogP contribution in [0.1, 0.15) is 38.5 Å². The molecule has 104 valence electrons. The maximum atomic E-state index is 13.9. The summed E-state index contributed by atoms with van der Waals surface area (Å²) in [6.07, 6.45) is 4.37. The number of hydrogen-bond donors (Lipinski definition) is 0. The van der Waals surface area contributed by atoms with Crippen LogP contribution in [0.25, 0.3) is 0 Å². The zero-order valence-corrected chi connectivity index (χ0v) is 13.7. The van der Waals surface area contributed by atoms with Crippen molar-refractivity contribution in [3.05, 3.63) is 54.4 Å². The summed E-state index contributed by atoms with van der Waals surface area (Å²) in [5, 5.41) is 0.344. The van der Waals surface area contributed by atoms with Crippen LogP contribution in [0, 0.1) is 5.82 Å².